The molecule has 9 nitrogen and oxygen atoms in total. The molecule has 0 spiro atoms. The Hall–Kier alpha value is -2.16. The smallest absolute Gasteiger partial charge is 0.268 e. The van der Waals surface area contributed by atoms with Gasteiger partial charge in [-0.05, 0) is 39.8 Å². The first-order valence-corrected chi connectivity index (χ1v) is 6.67. The van der Waals surface area contributed by atoms with Crippen molar-refractivity contribution in [2.24, 2.45) is 10.3 Å². The van der Waals surface area contributed by atoms with Crippen LogP contribution in [0, 0.1) is 0 Å². The third kappa shape index (κ3) is 9.38. The summed E-state index contributed by atoms with van der Waals surface area (Å²) in [5.41, 5.74) is 0.0563. The van der Waals surface area contributed by atoms with Crippen LogP contribution < -0.4 is 16.0 Å². The lowest BCUT2D eigenvalue weighted by atomic mass is 10.3. The normalized spacial score (nSPS) is 12.1. The fraction of sp³-hybridized carbons (Fsp3) is 0.667. The van der Waals surface area contributed by atoms with Gasteiger partial charge in [0.05, 0.1) is 0 Å². The highest BCUT2D eigenvalue weighted by molar-refractivity contribution is 6.38. The Balaban J connectivity index is 3.42. The first-order valence-electron chi connectivity index (χ1n) is 6.67. The Labute approximate surface area is 123 Å². The number of oxime groups is 2. The SMILES string of the molecule is C/C(=N/O)C(=O)NCCCNCCCNC(=O)/C(C)=N\O. The van der Waals surface area contributed by atoms with Gasteiger partial charge >= 0.3 is 0 Å². The minimum atomic E-state index is -0.388. The second-order valence-corrected chi connectivity index (χ2v) is 4.34. The summed E-state index contributed by atoms with van der Waals surface area (Å²) in [6, 6.07) is 0. The van der Waals surface area contributed by atoms with E-state index < -0.39 is 0 Å². The number of carbonyl (C=O) groups is 2. The second-order valence-electron chi connectivity index (χ2n) is 4.34. The number of hydrogen-bond donors (Lipinski definition) is 5. The van der Waals surface area contributed by atoms with Crippen LogP contribution in [0.15, 0.2) is 10.3 Å². The second kappa shape index (κ2) is 11.6. The maximum Gasteiger partial charge on any atom is 0.268 e. The topological polar surface area (TPSA) is 135 Å². The van der Waals surface area contributed by atoms with E-state index >= 15 is 0 Å². The van der Waals surface area contributed by atoms with Gasteiger partial charge in [-0.25, -0.2) is 0 Å². The Morgan fingerprint density at radius 2 is 1.19 bits per heavy atom. The van der Waals surface area contributed by atoms with Crippen LogP contribution in [0.4, 0.5) is 0 Å². The van der Waals surface area contributed by atoms with Crippen molar-refractivity contribution in [2.75, 3.05) is 26.2 Å². The Morgan fingerprint density at radius 1 is 0.810 bits per heavy atom. The van der Waals surface area contributed by atoms with E-state index in [2.05, 4.69) is 26.3 Å². The van der Waals surface area contributed by atoms with E-state index in [0.717, 1.165) is 25.9 Å². The van der Waals surface area contributed by atoms with Crippen LogP contribution in [0.2, 0.25) is 0 Å². The molecule has 0 fully saturated rings. The maximum absolute atomic E-state index is 11.2. The van der Waals surface area contributed by atoms with Gasteiger partial charge in [0.1, 0.15) is 11.4 Å². The molecule has 0 aromatic heterocycles. The standard InChI is InChI=1S/C12H23N5O4/c1-9(16-20)11(18)14-7-3-5-13-6-4-8-15-12(19)10(2)17-21/h13,20-21H,3-8H2,1-2H3,(H,14,18)(H,15,19)/b16-9-,17-10-. The average Bonchev–Trinajstić information content (AvgIpc) is 2.50. The van der Waals surface area contributed by atoms with E-state index in [1.54, 1.807) is 0 Å². The number of hydrogen-bond acceptors (Lipinski definition) is 7. The fourth-order valence-corrected chi connectivity index (χ4v) is 1.30. The number of carbonyl (C=O) groups excluding carboxylic acids is 2. The van der Waals surface area contributed by atoms with Crippen molar-refractivity contribution in [1.29, 1.82) is 0 Å². The van der Waals surface area contributed by atoms with Crippen LogP contribution in [0.3, 0.4) is 0 Å². The van der Waals surface area contributed by atoms with Gasteiger partial charge < -0.3 is 26.4 Å². The molecule has 120 valence electrons. The summed E-state index contributed by atoms with van der Waals surface area (Å²) in [5, 5.41) is 30.7. The molecule has 0 aromatic rings. The van der Waals surface area contributed by atoms with E-state index in [1.165, 1.54) is 13.8 Å². The molecule has 9 heteroatoms. The highest BCUT2D eigenvalue weighted by atomic mass is 16.4. The zero-order valence-electron chi connectivity index (χ0n) is 12.3. The van der Waals surface area contributed by atoms with Crippen molar-refractivity contribution in [3.05, 3.63) is 0 Å². The predicted molar refractivity (Wildman–Crippen MR) is 77.9 cm³/mol. The van der Waals surface area contributed by atoms with Gasteiger partial charge in [0.15, 0.2) is 0 Å². The van der Waals surface area contributed by atoms with Crippen molar-refractivity contribution in [3.8, 4) is 0 Å². The molecule has 0 aliphatic carbocycles. The van der Waals surface area contributed by atoms with E-state index in [9.17, 15) is 9.59 Å². The van der Waals surface area contributed by atoms with Crippen LogP contribution >= 0.6 is 0 Å². The molecule has 0 aliphatic heterocycles. The van der Waals surface area contributed by atoms with Crippen LogP contribution in [0.25, 0.3) is 0 Å². The van der Waals surface area contributed by atoms with Gasteiger partial charge in [0.25, 0.3) is 11.8 Å². The minimum absolute atomic E-state index is 0.0282. The highest BCUT2D eigenvalue weighted by Crippen LogP contribution is 1.81. The van der Waals surface area contributed by atoms with E-state index in [0.29, 0.717) is 13.1 Å². The predicted octanol–water partition coefficient (Wildman–Crippen LogP) is -0.711. The zero-order chi connectivity index (χ0) is 16.1. The van der Waals surface area contributed by atoms with E-state index in [-0.39, 0.29) is 23.2 Å². The summed E-state index contributed by atoms with van der Waals surface area (Å²) in [4.78, 5) is 22.4. The van der Waals surface area contributed by atoms with Gasteiger partial charge in [-0.3, -0.25) is 9.59 Å². The van der Waals surface area contributed by atoms with Crippen molar-refractivity contribution < 1.29 is 20.0 Å². The molecule has 0 radical (unpaired) electrons. The lowest BCUT2D eigenvalue weighted by molar-refractivity contribution is -0.115. The average molecular weight is 301 g/mol. The first-order chi connectivity index (χ1) is 10.0. The lowest BCUT2D eigenvalue weighted by Crippen LogP contribution is -2.33. The Morgan fingerprint density at radius 3 is 1.52 bits per heavy atom. The zero-order valence-corrected chi connectivity index (χ0v) is 12.3. The van der Waals surface area contributed by atoms with Crippen molar-refractivity contribution in [2.45, 2.75) is 26.7 Å². The molecule has 0 heterocycles. The van der Waals surface area contributed by atoms with E-state index in [4.69, 9.17) is 10.4 Å². The number of amides is 2. The quantitative estimate of drug-likeness (QED) is 0.157. The molecule has 21 heavy (non-hydrogen) atoms. The molecule has 0 rings (SSSR count). The van der Waals surface area contributed by atoms with Crippen molar-refractivity contribution in [1.82, 2.24) is 16.0 Å². The van der Waals surface area contributed by atoms with Gasteiger partial charge in [-0.2, -0.15) is 0 Å². The Bertz CT molecular complexity index is 359. The Kier molecular flexibility index (Phi) is 10.5. The van der Waals surface area contributed by atoms with Crippen LogP contribution in [-0.2, 0) is 9.59 Å². The van der Waals surface area contributed by atoms with Crippen LogP contribution in [0.5, 0.6) is 0 Å². The van der Waals surface area contributed by atoms with E-state index in [1.807, 2.05) is 0 Å². The van der Waals surface area contributed by atoms with Crippen LogP contribution in [0.1, 0.15) is 26.7 Å². The molecular formula is C12H23N5O4. The lowest BCUT2D eigenvalue weighted by Gasteiger charge is -2.07. The summed E-state index contributed by atoms with van der Waals surface area (Å²) in [5.74, 6) is -0.776. The van der Waals surface area contributed by atoms with Gasteiger partial charge in [-0.15, -0.1) is 0 Å². The van der Waals surface area contributed by atoms with Gasteiger partial charge in [-0.1, -0.05) is 10.3 Å². The summed E-state index contributed by atoms with van der Waals surface area (Å²) in [6.45, 7) is 5.26. The molecule has 0 saturated heterocycles. The van der Waals surface area contributed by atoms with Gasteiger partial charge in [0, 0.05) is 13.1 Å². The van der Waals surface area contributed by atoms with Crippen molar-refractivity contribution in [3.63, 3.8) is 0 Å². The third-order valence-electron chi connectivity index (χ3n) is 2.59. The molecule has 0 bridgehead atoms. The summed E-state index contributed by atoms with van der Waals surface area (Å²) in [7, 11) is 0. The largest absolute Gasteiger partial charge is 0.410 e. The third-order valence-corrected chi connectivity index (χ3v) is 2.59. The first kappa shape index (κ1) is 18.8. The molecule has 5 N–H and O–H groups in total. The highest BCUT2D eigenvalue weighted by Gasteiger charge is 2.05. The minimum Gasteiger partial charge on any atom is -0.410 e. The molecular weight excluding hydrogens is 278 g/mol. The molecule has 0 saturated carbocycles. The number of nitrogens with zero attached hydrogens (tertiary/aromatic N) is 2. The van der Waals surface area contributed by atoms with Gasteiger partial charge in [0.2, 0.25) is 0 Å². The number of nitrogens with one attached hydrogen (secondary N) is 3. The maximum atomic E-state index is 11.2. The molecule has 0 unspecified atom stereocenters. The summed E-state index contributed by atoms with van der Waals surface area (Å²) < 4.78 is 0. The monoisotopic (exact) mass is 301 g/mol. The summed E-state index contributed by atoms with van der Waals surface area (Å²) in [6.07, 6.45) is 1.49. The van der Waals surface area contributed by atoms with Crippen LogP contribution in [-0.4, -0.2) is 59.8 Å². The molecule has 0 aromatic carbocycles. The molecule has 0 atom stereocenters. The molecule has 2 amide bonds. The van der Waals surface area contributed by atoms with Crippen molar-refractivity contribution >= 4 is 23.2 Å². The number of rotatable bonds is 10. The molecule has 0 aliphatic rings. The summed E-state index contributed by atoms with van der Waals surface area (Å²) >= 11 is 0. The fourth-order valence-electron chi connectivity index (χ4n) is 1.30.